The Kier molecular flexibility index (Phi) is 4.43. The van der Waals surface area contributed by atoms with Gasteiger partial charge in [-0.1, -0.05) is 18.6 Å². The quantitative estimate of drug-likeness (QED) is 0.788. The summed E-state index contributed by atoms with van der Waals surface area (Å²) in [6, 6.07) is 7.01. The molecule has 0 amide bonds. The minimum atomic E-state index is -3.29. The van der Waals surface area contributed by atoms with E-state index in [9.17, 15) is 8.42 Å². The van der Waals surface area contributed by atoms with Crippen molar-refractivity contribution >= 4 is 27.5 Å². The fraction of sp³-hybridized carbons (Fsp3) is 0.538. The van der Waals surface area contributed by atoms with E-state index in [4.69, 9.17) is 5.73 Å². The van der Waals surface area contributed by atoms with E-state index in [0.717, 1.165) is 18.4 Å². The van der Waals surface area contributed by atoms with E-state index in [0.29, 0.717) is 12.2 Å². The van der Waals surface area contributed by atoms with Crippen molar-refractivity contribution < 1.29 is 8.42 Å². The van der Waals surface area contributed by atoms with Crippen molar-refractivity contribution in [3.05, 3.63) is 29.8 Å². The number of nitrogens with two attached hydrogens (primary N) is 1. The average Bonchev–Trinajstić information content (AvgIpc) is 2.27. The number of nitrogens with one attached hydrogen (secondary N) is 1. The van der Waals surface area contributed by atoms with Crippen LogP contribution < -0.4 is 10.5 Å². The summed E-state index contributed by atoms with van der Waals surface area (Å²) in [5.74, 6) is -0.0114. The molecule has 4 nitrogen and oxygen atoms in total. The number of benzene rings is 1. The molecule has 0 unspecified atom stereocenters. The fourth-order valence-corrected chi connectivity index (χ4v) is 4.44. The van der Waals surface area contributed by atoms with E-state index in [2.05, 4.69) is 4.72 Å². The molecule has 1 aromatic carbocycles. The Morgan fingerprint density at radius 3 is 2.68 bits per heavy atom. The summed E-state index contributed by atoms with van der Waals surface area (Å²) >= 11 is 1.76. The molecule has 0 heterocycles. The number of sulfonamides is 1. The Bertz CT molecular complexity index is 534. The van der Waals surface area contributed by atoms with Crippen LogP contribution in [0.3, 0.4) is 0 Å². The highest BCUT2D eigenvalue weighted by Gasteiger charge is 2.36. The maximum absolute atomic E-state index is 12.1. The van der Waals surface area contributed by atoms with Crippen LogP contribution in [0.5, 0.6) is 0 Å². The minimum absolute atomic E-state index is 0.0114. The van der Waals surface area contributed by atoms with Crippen LogP contribution >= 0.6 is 11.8 Å². The molecule has 0 spiro atoms. The lowest BCUT2D eigenvalue weighted by molar-refractivity contribution is 0.362. The van der Waals surface area contributed by atoms with Crippen LogP contribution in [0.2, 0.25) is 0 Å². The van der Waals surface area contributed by atoms with Gasteiger partial charge in [-0.25, -0.2) is 13.1 Å². The highest BCUT2D eigenvalue weighted by molar-refractivity contribution is 8.00. The van der Waals surface area contributed by atoms with Gasteiger partial charge < -0.3 is 5.73 Å². The molecular weight excluding hydrogens is 280 g/mol. The van der Waals surface area contributed by atoms with E-state index in [1.54, 1.807) is 36.0 Å². The van der Waals surface area contributed by atoms with Gasteiger partial charge in [0.05, 0.1) is 5.75 Å². The molecule has 1 saturated carbocycles. The second-order valence-electron chi connectivity index (χ2n) is 5.07. The summed E-state index contributed by atoms with van der Waals surface area (Å²) in [5, 5.41) is 0. The van der Waals surface area contributed by atoms with Gasteiger partial charge in [0.2, 0.25) is 10.0 Å². The summed E-state index contributed by atoms with van der Waals surface area (Å²) in [5.41, 5.74) is 6.97. The van der Waals surface area contributed by atoms with Crippen LogP contribution in [0.15, 0.2) is 24.3 Å². The van der Waals surface area contributed by atoms with Crippen LogP contribution in [0.4, 0.5) is 5.69 Å². The van der Waals surface area contributed by atoms with E-state index >= 15 is 0 Å². The molecular formula is C13H20N2O2S2. The minimum Gasteiger partial charge on any atom is -0.399 e. The van der Waals surface area contributed by atoms with Gasteiger partial charge in [0.1, 0.15) is 0 Å². The highest BCUT2D eigenvalue weighted by atomic mass is 32.2. The zero-order valence-corrected chi connectivity index (χ0v) is 12.7. The Labute approximate surface area is 119 Å². The fourth-order valence-electron chi connectivity index (χ4n) is 2.22. The van der Waals surface area contributed by atoms with Gasteiger partial charge in [-0.05, 0) is 36.8 Å². The van der Waals surface area contributed by atoms with Crippen molar-refractivity contribution in [1.29, 1.82) is 0 Å². The van der Waals surface area contributed by atoms with E-state index in [-0.39, 0.29) is 10.5 Å². The summed E-state index contributed by atoms with van der Waals surface area (Å²) < 4.78 is 27.0. The van der Waals surface area contributed by atoms with Crippen molar-refractivity contribution in [2.45, 2.75) is 29.8 Å². The highest BCUT2D eigenvalue weighted by Crippen LogP contribution is 2.42. The lowest BCUT2D eigenvalue weighted by Crippen LogP contribution is -2.45. The summed E-state index contributed by atoms with van der Waals surface area (Å²) in [6.45, 7) is 0.527. The normalized spacial score (nSPS) is 17.9. The number of nitrogen functional groups attached to an aromatic ring is 1. The Morgan fingerprint density at radius 1 is 1.42 bits per heavy atom. The van der Waals surface area contributed by atoms with E-state index < -0.39 is 10.0 Å². The second-order valence-corrected chi connectivity index (χ2v) is 8.15. The first kappa shape index (κ1) is 14.7. The molecule has 1 fully saturated rings. The van der Waals surface area contributed by atoms with Crippen LogP contribution in [0.25, 0.3) is 0 Å². The molecule has 106 valence electrons. The van der Waals surface area contributed by atoms with Crippen molar-refractivity contribution in [3.8, 4) is 0 Å². The zero-order valence-electron chi connectivity index (χ0n) is 11.1. The van der Waals surface area contributed by atoms with Crippen LogP contribution in [-0.4, -0.2) is 26.0 Å². The van der Waals surface area contributed by atoms with Crippen LogP contribution in [-0.2, 0) is 15.8 Å². The van der Waals surface area contributed by atoms with Gasteiger partial charge in [-0.3, -0.25) is 0 Å². The molecule has 1 aliphatic rings. The molecule has 0 aromatic heterocycles. The van der Waals surface area contributed by atoms with E-state index in [1.165, 1.54) is 6.42 Å². The molecule has 0 atom stereocenters. The topological polar surface area (TPSA) is 72.2 Å². The number of anilines is 1. The summed E-state index contributed by atoms with van der Waals surface area (Å²) in [7, 11) is -3.29. The first-order chi connectivity index (χ1) is 8.95. The largest absolute Gasteiger partial charge is 0.399 e. The van der Waals surface area contributed by atoms with Gasteiger partial charge in [0.15, 0.2) is 0 Å². The van der Waals surface area contributed by atoms with Crippen LogP contribution in [0, 0.1) is 0 Å². The number of hydrogen-bond acceptors (Lipinski definition) is 4. The summed E-state index contributed by atoms with van der Waals surface area (Å²) in [4.78, 5) is 0. The molecule has 2 rings (SSSR count). The zero-order chi connectivity index (χ0) is 13.9. The smallest absolute Gasteiger partial charge is 0.215 e. The third kappa shape index (κ3) is 3.87. The standard InChI is InChI=1S/C13H20N2O2S2/c1-18-13(6-3-7-13)10-15-19(16,17)9-11-4-2-5-12(14)8-11/h2,4-5,8,15H,3,6-7,9-10,14H2,1H3. The predicted molar refractivity (Wildman–Crippen MR) is 81.6 cm³/mol. The monoisotopic (exact) mass is 300 g/mol. The van der Waals surface area contributed by atoms with Crippen molar-refractivity contribution in [2.24, 2.45) is 0 Å². The molecule has 1 aliphatic carbocycles. The lowest BCUT2D eigenvalue weighted by atomic mass is 9.84. The summed E-state index contributed by atoms with van der Waals surface area (Å²) in [6.07, 6.45) is 5.42. The Morgan fingerprint density at radius 2 is 2.16 bits per heavy atom. The molecule has 0 aliphatic heterocycles. The number of rotatable bonds is 6. The predicted octanol–water partition coefficient (Wildman–Crippen LogP) is 1.97. The first-order valence-electron chi connectivity index (χ1n) is 6.32. The van der Waals surface area contributed by atoms with Crippen molar-refractivity contribution in [1.82, 2.24) is 4.72 Å². The Hall–Kier alpha value is -0.720. The Balaban J connectivity index is 1.95. The number of hydrogen-bond donors (Lipinski definition) is 2. The number of thioether (sulfide) groups is 1. The van der Waals surface area contributed by atoms with Gasteiger partial charge in [0, 0.05) is 17.0 Å². The molecule has 3 N–H and O–H groups in total. The third-order valence-electron chi connectivity index (χ3n) is 3.62. The van der Waals surface area contributed by atoms with Gasteiger partial charge in [-0.15, -0.1) is 0 Å². The SMILES string of the molecule is CSC1(CNS(=O)(=O)Cc2cccc(N)c2)CCC1. The van der Waals surface area contributed by atoms with Crippen LogP contribution in [0.1, 0.15) is 24.8 Å². The van der Waals surface area contributed by atoms with Gasteiger partial charge in [0.25, 0.3) is 0 Å². The maximum atomic E-state index is 12.1. The van der Waals surface area contributed by atoms with Gasteiger partial charge >= 0.3 is 0 Å². The molecule has 1 aromatic rings. The van der Waals surface area contributed by atoms with E-state index in [1.807, 2.05) is 6.26 Å². The molecule has 0 radical (unpaired) electrons. The first-order valence-corrected chi connectivity index (χ1v) is 9.19. The maximum Gasteiger partial charge on any atom is 0.215 e. The van der Waals surface area contributed by atoms with Gasteiger partial charge in [-0.2, -0.15) is 11.8 Å². The molecule has 19 heavy (non-hydrogen) atoms. The lowest BCUT2D eigenvalue weighted by Gasteiger charge is -2.40. The molecule has 0 bridgehead atoms. The second kappa shape index (κ2) is 5.73. The van der Waals surface area contributed by atoms with Crippen molar-refractivity contribution in [3.63, 3.8) is 0 Å². The third-order valence-corrected chi connectivity index (χ3v) is 6.34. The van der Waals surface area contributed by atoms with Crippen molar-refractivity contribution in [2.75, 3.05) is 18.5 Å². The molecule has 6 heteroatoms. The molecule has 0 saturated heterocycles. The average molecular weight is 300 g/mol.